The summed E-state index contributed by atoms with van der Waals surface area (Å²) in [4.78, 5) is 0. The number of nitrogens with one attached hydrogen (secondary N) is 1. The van der Waals surface area contributed by atoms with E-state index in [1.165, 1.54) is 38.5 Å². The minimum absolute atomic E-state index is 0.160. The number of nitrogens with zero attached hydrogens (tertiary/aromatic N) is 2. The molecule has 0 spiro atoms. The van der Waals surface area contributed by atoms with Gasteiger partial charge in [-0.3, -0.25) is 0 Å². The zero-order valence-electron chi connectivity index (χ0n) is 13.3. The van der Waals surface area contributed by atoms with Gasteiger partial charge in [-0.25, -0.2) is 0 Å². The van der Waals surface area contributed by atoms with E-state index in [4.69, 9.17) is 4.42 Å². The summed E-state index contributed by atoms with van der Waals surface area (Å²) in [6.07, 6.45) is 9.70. The second-order valence-corrected chi connectivity index (χ2v) is 7.91. The maximum Gasteiger partial charge on any atom is 0.233 e. The topological polar surface area (TPSA) is 51.0 Å². The van der Waals surface area contributed by atoms with Crippen LogP contribution in [0.4, 0.5) is 0 Å². The molecule has 0 aliphatic heterocycles. The van der Waals surface area contributed by atoms with E-state index >= 15 is 0 Å². The van der Waals surface area contributed by atoms with Crippen molar-refractivity contribution in [3.63, 3.8) is 0 Å². The lowest BCUT2D eigenvalue weighted by molar-refractivity contribution is -0.0552. The van der Waals surface area contributed by atoms with Crippen molar-refractivity contribution in [1.82, 2.24) is 15.5 Å². The fourth-order valence-electron chi connectivity index (χ4n) is 5.73. The van der Waals surface area contributed by atoms with Gasteiger partial charge in [0.05, 0.1) is 6.04 Å². The third kappa shape index (κ3) is 2.52. The van der Waals surface area contributed by atoms with Crippen molar-refractivity contribution in [3.8, 4) is 0 Å². The van der Waals surface area contributed by atoms with E-state index in [1.807, 2.05) is 0 Å². The van der Waals surface area contributed by atoms with Crippen molar-refractivity contribution >= 4 is 0 Å². The van der Waals surface area contributed by atoms with Crippen LogP contribution in [-0.4, -0.2) is 16.7 Å². The molecule has 4 nitrogen and oxygen atoms in total. The summed E-state index contributed by atoms with van der Waals surface area (Å²) in [6, 6.07) is 0.160. The van der Waals surface area contributed by atoms with Gasteiger partial charge in [-0.2, -0.15) is 0 Å². The molecule has 4 fully saturated rings. The molecule has 0 aromatic carbocycles. The SMILES string of the molecule is CCNC(C)c1nnc(CC23CC4CC(CC(C4)C2)C3)o1. The van der Waals surface area contributed by atoms with Crippen LogP contribution in [0.25, 0.3) is 0 Å². The average molecular weight is 289 g/mol. The molecule has 1 atom stereocenters. The van der Waals surface area contributed by atoms with Crippen LogP contribution in [0, 0.1) is 23.2 Å². The molecule has 1 unspecified atom stereocenters. The molecule has 4 saturated carbocycles. The van der Waals surface area contributed by atoms with Crippen LogP contribution in [-0.2, 0) is 6.42 Å². The summed E-state index contributed by atoms with van der Waals surface area (Å²) in [7, 11) is 0. The molecule has 4 heteroatoms. The number of hydrogen-bond donors (Lipinski definition) is 1. The molecule has 116 valence electrons. The van der Waals surface area contributed by atoms with E-state index in [0.717, 1.165) is 42.5 Å². The first-order valence-electron chi connectivity index (χ1n) is 8.71. The maximum absolute atomic E-state index is 5.95. The molecule has 1 N–H and O–H groups in total. The molecule has 4 aliphatic rings. The highest BCUT2D eigenvalue weighted by molar-refractivity contribution is 5.04. The van der Waals surface area contributed by atoms with Crippen molar-refractivity contribution in [3.05, 3.63) is 11.8 Å². The van der Waals surface area contributed by atoms with Crippen molar-refractivity contribution < 1.29 is 4.42 Å². The van der Waals surface area contributed by atoms with E-state index in [-0.39, 0.29) is 6.04 Å². The van der Waals surface area contributed by atoms with Crippen molar-refractivity contribution in [2.24, 2.45) is 23.2 Å². The second-order valence-electron chi connectivity index (χ2n) is 7.91. The quantitative estimate of drug-likeness (QED) is 0.901. The smallest absolute Gasteiger partial charge is 0.233 e. The van der Waals surface area contributed by atoms with Gasteiger partial charge < -0.3 is 9.73 Å². The third-order valence-electron chi connectivity index (χ3n) is 6.05. The Morgan fingerprint density at radius 1 is 1.14 bits per heavy atom. The Morgan fingerprint density at radius 2 is 1.76 bits per heavy atom. The lowest BCUT2D eigenvalue weighted by Gasteiger charge is -2.56. The summed E-state index contributed by atoms with van der Waals surface area (Å²) in [5, 5.41) is 11.9. The van der Waals surface area contributed by atoms with Gasteiger partial charge in [0, 0.05) is 6.42 Å². The summed E-state index contributed by atoms with van der Waals surface area (Å²) in [6.45, 7) is 5.11. The first-order chi connectivity index (χ1) is 10.2. The average Bonchev–Trinajstić information content (AvgIpc) is 2.85. The van der Waals surface area contributed by atoms with E-state index in [2.05, 4.69) is 29.4 Å². The first kappa shape index (κ1) is 13.7. The van der Waals surface area contributed by atoms with Crippen molar-refractivity contribution in [2.45, 2.75) is 64.8 Å². The number of rotatable bonds is 5. The molecule has 0 amide bonds. The minimum Gasteiger partial charge on any atom is -0.424 e. The van der Waals surface area contributed by atoms with Crippen LogP contribution in [0.15, 0.2) is 4.42 Å². The van der Waals surface area contributed by atoms with Crippen molar-refractivity contribution in [1.29, 1.82) is 0 Å². The fourth-order valence-corrected chi connectivity index (χ4v) is 5.73. The monoisotopic (exact) mass is 289 g/mol. The van der Waals surface area contributed by atoms with Crippen LogP contribution < -0.4 is 5.32 Å². The van der Waals surface area contributed by atoms with Crippen LogP contribution in [0.2, 0.25) is 0 Å². The molecule has 1 aromatic rings. The number of aromatic nitrogens is 2. The van der Waals surface area contributed by atoms with Crippen LogP contribution in [0.3, 0.4) is 0 Å². The third-order valence-corrected chi connectivity index (χ3v) is 6.05. The van der Waals surface area contributed by atoms with E-state index in [0.29, 0.717) is 5.41 Å². The molecule has 4 aliphatic carbocycles. The summed E-state index contributed by atoms with van der Waals surface area (Å²) >= 11 is 0. The molecule has 0 saturated heterocycles. The second kappa shape index (κ2) is 5.08. The molecule has 5 rings (SSSR count). The largest absolute Gasteiger partial charge is 0.424 e. The minimum atomic E-state index is 0.160. The number of hydrogen-bond acceptors (Lipinski definition) is 4. The fraction of sp³-hybridized carbons (Fsp3) is 0.882. The molecule has 1 heterocycles. The van der Waals surface area contributed by atoms with E-state index < -0.39 is 0 Å². The predicted octanol–water partition coefficient (Wildman–Crippen LogP) is 3.50. The highest BCUT2D eigenvalue weighted by Crippen LogP contribution is 2.60. The highest BCUT2D eigenvalue weighted by atomic mass is 16.4. The Balaban J connectivity index is 1.48. The molecule has 21 heavy (non-hydrogen) atoms. The van der Waals surface area contributed by atoms with E-state index in [9.17, 15) is 0 Å². The van der Waals surface area contributed by atoms with Crippen molar-refractivity contribution in [2.75, 3.05) is 6.54 Å². The standard InChI is InChI=1S/C17H27N3O/c1-3-18-11(2)16-20-19-15(21-16)10-17-7-12-4-13(8-17)6-14(5-12)9-17/h11-14,18H,3-10H2,1-2H3. The zero-order chi connectivity index (χ0) is 14.4. The normalized spacial score (nSPS) is 38.9. The Bertz CT molecular complexity index is 475. The zero-order valence-corrected chi connectivity index (χ0v) is 13.3. The van der Waals surface area contributed by atoms with Crippen LogP contribution in [0.5, 0.6) is 0 Å². The molecular weight excluding hydrogens is 262 g/mol. The van der Waals surface area contributed by atoms with E-state index in [1.54, 1.807) is 0 Å². The van der Waals surface area contributed by atoms with Gasteiger partial charge in [0.2, 0.25) is 11.8 Å². The Morgan fingerprint density at radius 3 is 2.33 bits per heavy atom. The molecule has 0 radical (unpaired) electrons. The first-order valence-corrected chi connectivity index (χ1v) is 8.71. The Hall–Kier alpha value is -0.900. The highest BCUT2D eigenvalue weighted by Gasteiger charge is 2.51. The van der Waals surface area contributed by atoms with Gasteiger partial charge >= 0.3 is 0 Å². The van der Waals surface area contributed by atoms with Gasteiger partial charge in [0.1, 0.15) is 0 Å². The lowest BCUT2D eigenvalue weighted by Crippen LogP contribution is -2.47. The van der Waals surface area contributed by atoms with Gasteiger partial charge in [-0.15, -0.1) is 10.2 Å². The Kier molecular flexibility index (Phi) is 3.32. The summed E-state index contributed by atoms with van der Waals surface area (Å²) in [5.74, 6) is 4.58. The molecular formula is C17H27N3O. The summed E-state index contributed by atoms with van der Waals surface area (Å²) < 4.78 is 5.95. The Labute approximate surface area is 127 Å². The molecule has 1 aromatic heterocycles. The molecule has 4 bridgehead atoms. The lowest BCUT2D eigenvalue weighted by atomic mass is 9.49. The van der Waals surface area contributed by atoms with Gasteiger partial charge in [0.15, 0.2) is 0 Å². The van der Waals surface area contributed by atoms with Gasteiger partial charge in [0.25, 0.3) is 0 Å². The summed E-state index contributed by atoms with van der Waals surface area (Å²) in [5.41, 5.74) is 0.486. The van der Waals surface area contributed by atoms with Gasteiger partial charge in [-0.05, 0) is 75.2 Å². The van der Waals surface area contributed by atoms with Crippen LogP contribution >= 0.6 is 0 Å². The van der Waals surface area contributed by atoms with Crippen LogP contribution in [0.1, 0.15) is 70.2 Å². The van der Waals surface area contributed by atoms with Gasteiger partial charge in [-0.1, -0.05) is 6.92 Å². The predicted molar refractivity (Wildman–Crippen MR) is 80.7 cm³/mol. The maximum atomic E-state index is 5.95.